The van der Waals surface area contributed by atoms with Crippen molar-refractivity contribution in [2.45, 2.75) is 31.8 Å². The number of methoxy groups -OCH3 is 1. The van der Waals surface area contributed by atoms with Gasteiger partial charge in [0.25, 0.3) is 0 Å². The van der Waals surface area contributed by atoms with Crippen LogP contribution < -0.4 is 15.5 Å². The Balaban J connectivity index is 1.70. The van der Waals surface area contributed by atoms with E-state index >= 15 is 0 Å². The second-order valence-corrected chi connectivity index (χ2v) is 4.63. The molecule has 1 saturated carbocycles. The minimum Gasteiger partial charge on any atom is -0.497 e. The number of carbonyl (C=O) groups excluding carboxylic acids is 1. The SMILES string of the molecule is COc1cccc(NC(=O)CNOC2CCCC2)c1. The number of rotatable bonds is 6. The van der Waals surface area contributed by atoms with E-state index < -0.39 is 0 Å². The number of benzene rings is 1. The summed E-state index contributed by atoms with van der Waals surface area (Å²) in [4.78, 5) is 17.1. The minimum absolute atomic E-state index is 0.133. The van der Waals surface area contributed by atoms with Crippen molar-refractivity contribution in [2.75, 3.05) is 19.0 Å². The lowest BCUT2D eigenvalue weighted by Crippen LogP contribution is -2.31. The van der Waals surface area contributed by atoms with Gasteiger partial charge in [-0.2, -0.15) is 5.48 Å². The Bertz CT molecular complexity index is 417. The summed E-state index contributed by atoms with van der Waals surface area (Å²) < 4.78 is 5.09. The molecule has 1 aromatic rings. The van der Waals surface area contributed by atoms with E-state index in [1.54, 1.807) is 13.2 Å². The second kappa shape index (κ2) is 7.11. The Labute approximate surface area is 113 Å². The predicted molar refractivity (Wildman–Crippen MR) is 73.0 cm³/mol. The Morgan fingerprint density at radius 1 is 1.37 bits per heavy atom. The van der Waals surface area contributed by atoms with Gasteiger partial charge in [0.15, 0.2) is 0 Å². The van der Waals surface area contributed by atoms with Gasteiger partial charge in [-0.3, -0.25) is 9.63 Å². The van der Waals surface area contributed by atoms with Crippen molar-refractivity contribution >= 4 is 11.6 Å². The van der Waals surface area contributed by atoms with Gasteiger partial charge in [-0.1, -0.05) is 18.9 Å². The van der Waals surface area contributed by atoms with Crippen LogP contribution in [0.25, 0.3) is 0 Å². The lowest BCUT2D eigenvalue weighted by atomic mass is 10.3. The summed E-state index contributed by atoms with van der Waals surface area (Å²) in [5.74, 6) is 0.583. The lowest BCUT2D eigenvalue weighted by Gasteiger charge is -2.12. The zero-order chi connectivity index (χ0) is 13.5. The average molecular weight is 264 g/mol. The van der Waals surface area contributed by atoms with Gasteiger partial charge < -0.3 is 10.1 Å². The Morgan fingerprint density at radius 3 is 2.89 bits per heavy atom. The molecular weight excluding hydrogens is 244 g/mol. The topological polar surface area (TPSA) is 59.6 Å². The van der Waals surface area contributed by atoms with Crippen molar-refractivity contribution in [1.29, 1.82) is 0 Å². The van der Waals surface area contributed by atoms with Crippen molar-refractivity contribution in [3.8, 4) is 5.75 Å². The molecule has 0 aliphatic heterocycles. The molecule has 1 fully saturated rings. The highest BCUT2D eigenvalue weighted by atomic mass is 16.7. The molecule has 5 heteroatoms. The van der Waals surface area contributed by atoms with Crippen LogP contribution in [0.1, 0.15) is 25.7 Å². The predicted octanol–water partition coefficient (Wildman–Crippen LogP) is 2.10. The van der Waals surface area contributed by atoms with E-state index in [-0.39, 0.29) is 18.6 Å². The van der Waals surface area contributed by atoms with Crippen LogP contribution in [0.5, 0.6) is 5.75 Å². The first-order valence-corrected chi connectivity index (χ1v) is 6.60. The lowest BCUT2D eigenvalue weighted by molar-refractivity contribution is -0.119. The molecule has 1 aliphatic rings. The maximum atomic E-state index is 11.7. The maximum Gasteiger partial charge on any atom is 0.240 e. The molecule has 0 atom stereocenters. The summed E-state index contributed by atoms with van der Waals surface area (Å²) in [6.07, 6.45) is 4.82. The molecule has 5 nitrogen and oxygen atoms in total. The van der Waals surface area contributed by atoms with Crippen LogP contribution in [0.15, 0.2) is 24.3 Å². The zero-order valence-electron chi connectivity index (χ0n) is 11.1. The molecule has 19 heavy (non-hydrogen) atoms. The van der Waals surface area contributed by atoms with Gasteiger partial charge in [-0.15, -0.1) is 0 Å². The molecule has 2 rings (SSSR count). The van der Waals surface area contributed by atoms with Crippen molar-refractivity contribution in [1.82, 2.24) is 5.48 Å². The quantitative estimate of drug-likeness (QED) is 0.772. The number of hydrogen-bond acceptors (Lipinski definition) is 4. The number of ether oxygens (including phenoxy) is 1. The van der Waals surface area contributed by atoms with Crippen LogP contribution in [0.2, 0.25) is 0 Å². The number of amides is 1. The first-order chi connectivity index (χ1) is 9.28. The molecule has 1 amide bonds. The third-order valence-corrected chi connectivity index (χ3v) is 3.14. The van der Waals surface area contributed by atoms with Gasteiger partial charge in [-0.05, 0) is 25.0 Å². The first kappa shape index (κ1) is 13.8. The second-order valence-electron chi connectivity index (χ2n) is 4.63. The van der Waals surface area contributed by atoms with Crippen molar-refractivity contribution in [3.63, 3.8) is 0 Å². The molecule has 0 heterocycles. The smallest absolute Gasteiger partial charge is 0.240 e. The van der Waals surface area contributed by atoms with Gasteiger partial charge in [0, 0.05) is 11.8 Å². The summed E-state index contributed by atoms with van der Waals surface area (Å²) in [6, 6.07) is 7.25. The van der Waals surface area contributed by atoms with Crippen LogP contribution in [-0.2, 0) is 9.63 Å². The van der Waals surface area contributed by atoms with Gasteiger partial charge in [0.2, 0.25) is 5.91 Å². The fourth-order valence-corrected chi connectivity index (χ4v) is 2.14. The Hall–Kier alpha value is -1.59. The van der Waals surface area contributed by atoms with Gasteiger partial charge >= 0.3 is 0 Å². The van der Waals surface area contributed by atoms with E-state index in [1.807, 2.05) is 18.2 Å². The van der Waals surface area contributed by atoms with Crippen molar-refractivity contribution in [2.24, 2.45) is 0 Å². The zero-order valence-corrected chi connectivity index (χ0v) is 11.1. The fraction of sp³-hybridized carbons (Fsp3) is 0.500. The molecule has 0 aromatic heterocycles. The van der Waals surface area contributed by atoms with E-state index in [4.69, 9.17) is 9.57 Å². The molecule has 0 spiro atoms. The van der Waals surface area contributed by atoms with E-state index in [1.165, 1.54) is 12.8 Å². The van der Waals surface area contributed by atoms with E-state index in [0.29, 0.717) is 11.4 Å². The van der Waals surface area contributed by atoms with Crippen LogP contribution in [0, 0.1) is 0 Å². The first-order valence-electron chi connectivity index (χ1n) is 6.60. The van der Waals surface area contributed by atoms with E-state index in [9.17, 15) is 4.79 Å². The fourth-order valence-electron chi connectivity index (χ4n) is 2.14. The molecule has 0 bridgehead atoms. The standard InChI is InChI=1S/C14H20N2O3/c1-18-13-8-4-5-11(9-13)16-14(17)10-15-19-12-6-2-3-7-12/h4-5,8-9,12,15H,2-3,6-7,10H2,1H3,(H,16,17). The Morgan fingerprint density at radius 2 is 2.16 bits per heavy atom. The van der Waals surface area contributed by atoms with Crippen molar-refractivity contribution < 1.29 is 14.4 Å². The Kier molecular flexibility index (Phi) is 5.18. The third-order valence-electron chi connectivity index (χ3n) is 3.14. The third kappa shape index (κ3) is 4.54. The van der Waals surface area contributed by atoms with Crippen LogP contribution in [-0.4, -0.2) is 25.7 Å². The summed E-state index contributed by atoms with van der Waals surface area (Å²) >= 11 is 0. The van der Waals surface area contributed by atoms with Gasteiger partial charge in [-0.25, -0.2) is 0 Å². The van der Waals surface area contributed by atoms with Gasteiger partial charge in [0.05, 0.1) is 13.2 Å². The van der Waals surface area contributed by atoms with Crippen LogP contribution in [0.3, 0.4) is 0 Å². The molecular formula is C14H20N2O3. The highest BCUT2D eigenvalue weighted by Gasteiger charge is 2.15. The highest BCUT2D eigenvalue weighted by molar-refractivity contribution is 5.92. The van der Waals surface area contributed by atoms with E-state index in [2.05, 4.69) is 10.8 Å². The summed E-state index contributed by atoms with van der Waals surface area (Å²) in [6.45, 7) is 0.147. The molecule has 2 N–H and O–H groups in total. The van der Waals surface area contributed by atoms with Crippen LogP contribution in [0.4, 0.5) is 5.69 Å². The number of hydroxylamine groups is 1. The van der Waals surface area contributed by atoms with E-state index in [0.717, 1.165) is 12.8 Å². The van der Waals surface area contributed by atoms with Crippen molar-refractivity contribution in [3.05, 3.63) is 24.3 Å². The van der Waals surface area contributed by atoms with Crippen LogP contribution >= 0.6 is 0 Å². The molecule has 1 aromatic carbocycles. The number of carbonyl (C=O) groups is 1. The summed E-state index contributed by atoms with van der Waals surface area (Å²) in [5.41, 5.74) is 3.45. The van der Waals surface area contributed by atoms with Gasteiger partial charge in [0.1, 0.15) is 12.3 Å². The minimum atomic E-state index is -0.133. The molecule has 1 aliphatic carbocycles. The highest BCUT2D eigenvalue weighted by Crippen LogP contribution is 2.19. The average Bonchev–Trinajstić information content (AvgIpc) is 2.92. The molecule has 0 saturated heterocycles. The number of anilines is 1. The molecule has 0 radical (unpaired) electrons. The molecule has 104 valence electrons. The maximum absolute atomic E-state index is 11.7. The number of hydrogen-bond donors (Lipinski definition) is 2. The normalized spacial score (nSPS) is 15.4. The largest absolute Gasteiger partial charge is 0.497 e. The monoisotopic (exact) mass is 264 g/mol. The summed E-state index contributed by atoms with van der Waals surface area (Å²) in [7, 11) is 1.60. The number of nitrogens with one attached hydrogen (secondary N) is 2. The summed E-state index contributed by atoms with van der Waals surface area (Å²) in [5, 5.41) is 2.78. The molecule has 0 unspecified atom stereocenters.